The van der Waals surface area contributed by atoms with E-state index in [4.69, 9.17) is 9.47 Å². The summed E-state index contributed by atoms with van der Waals surface area (Å²) in [7, 11) is -2.15. The first-order chi connectivity index (χ1) is 12.6. The first-order valence-corrected chi connectivity index (χ1v) is 9.42. The van der Waals surface area contributed by atoms with Gasteiger partial charge in [-0.25, -0.2) is 13.1 Å². The van der Waals surface area contributed by atoms with Gasteiger partial charge >= 0.3 is 0 Å². The molecule has 0 aliphatic heterocycles. The van der Waals surface area contributed by atoms with Crippen LogP contribution >= 0.6 is 0 Å². The van der Waals surface area contributed by atoms with Gasteiger partial charge in [-0.1, -0.05) is 12.1 Å². The normalized spacial score (nSPS) is 11.3. The summed E-state index contributed by atoms with van der Waals surface area (Å²) in [6, 6.07) is 15.1. The number of anilines is 1. The lowest BCUT2D eigenvalue weighted by atomic mass is 10.3. The van der Waals surface area contributed by atoms with E-state index >= 15 is 0 Å². The molecule has 0 saturated heterocycles. The number of nitrogens with one attached hydrogen (secondary N) is 1. The molecule has 0 amide bonds. The summed E-state index contributed by atoms with van der Waals surface area (Å²) >= 11 is 0. The Hall–Kier alpha value is -2.84. The second-order valence-corrected chi connectivity index (χ2v) is 7.07. The fraction of sp³-hybridized carbons (Fsp3) is 0.167. The minimum absolute atomic E-state index is 0.145. The number of para-hydroxylation sites is 2. The molecule has 7 nitrogen and oxygen atoms in total. The van der Waals surface area contributed by atoms with Crippen molar-refractivity contribution in [1.82, 2.24) is 9.78 Å². The van der Waals surface area contributed by atoms with Gasteiger partial charge in [0.05, 0.1) is 22.9 Å². The van der Waals surface area contributed by atoms with Gasteiger partial charge in [0.2, 0.25) is 0 Å². The van der Waals surface area contributed by atoms with Crippen LogP contribution in [0, 0.1) is 0 Å². The highest BCUT2D eigenvalue weighted by molar-refractivity contribution is 7.92. The molecule has 0 aliphatic rings. The molecule has 8 heteroatoms. The maximum Gasteiger partial charge on any atom is 0.261 e. The fourth-order valence-electron chi connectivity index (χ4n) is 2.33. The zero-order chi connectivity index (χ0) is 18.4. The third-order valence-electron chi connectivity index (χ3n) is 3.59. The Morgan fingerprint density at radius 2 is 1.81 bits per heavy atom. The fourth-order valence-corrected chi connectivity index (χ4v) is 3.41. The number of rotatable bonds is 8. The van der Waals surface area contributed by atoms with Crippen molar-refractivity contribution in [3.8, 4) is 11.4 Å². The zero-order valence-corrected chi connectivity index (χ0v) is 15.0. The molecule has 0 fully saturated rings. The number of hydrogen-bond acceptors (Lipinski definition) is 5. The van der Waals surface area contributed by atoms with E-state index in [9.17, 15) is 8.42 Å². The highest BCUT2D eigenvalue weighted by Crippen LogP contribution is 2.24. The van der Waals surface area contributed by atoms with Crippen molar-refractivity contribution in [1.29, 1.82) is 0 Å². The van der Waals surface area contributed by atoms with Crippen molar-refractivity contribution >= 4 is 15.7 Å². The lowest BCUT2D eigenvalue weighted by molar-refractivity contribution is 0.146. The molecule has 0 bridgehead atoms. The van der Waals surface area contributed by atoms with Crippen LogP contribution in [-0.2, 0) is 14.8 Å². The lowest BCUT2D eigenvalue weighted by Gasteiger charge is -2.13. The Kier molecular flexibility index (Phi) is 5.55. The van der Waals surface area contributed by atoms with Crippen LogP contribution in [0.15, 0.2) is 71.9 Å². The largest absolute Gasteiger partial charge is 0.491 e. The van der Waals surface area contributed by atoms with E-state index in [0.717, 1.165) is 0 Å². The zero-order valence-electron chi connectivity index (χ0n) is 14.2. The van der Waals surface area contributed by atoms with Gasteiger partial charge < -0.3 is 9.47 Å². The summed E-state index contributed by atoms with van der Waals surface area (Å²) in [4.78, 5) is 0.145. The van der Waals surface area contributed by atoms with Crippen LogP contribution in [0.3, 0.4) is 0 Å². The van der Waals surface area contributed by atoms with Crippen LogP contribution in [0.4, 0.5) is 5.69 Å². The van der Waals surface area contributed by atoms with Gasteiger partial charge in [0.15, 0.2) is 0 Å². The second kappa shape index (κ2) is 8.03. The van der Waals surface area contributed by atoms with E-state index in [-0.39, 0.29) is 4.90 Å². The SMILES string of the molecule is COCCOc1ccc(S(=O)(=O)Nc2ccccc2-n2cccn2)cc1. The van der Waals surface area contributed by atoms with Gasteiger partial charge in [0.1, 0.15) is 12.4 Å². The average molecular weight is 373 g/mol. The van der Waals surface area contributed by atoms with Gasteiger partial charge in [0, 0.05) is 19.5 Å². The summed E-state index contributed by atoms with van der Waals surface area (Å²) < 4.78 is 40.0. The Labute approximate surface area is 152 Å². The quantitative estimate of drug-likeness (QED) is 0.614. The average Bonchev–Trinajstić information content (AvgIpc) is 3.17. The van der Waals surface area contributed by atoms with Crippen LogP contribution in [0.25, 0.3) is 5.69 Å². The molecule has 136 valence electrons. The minimum atomic E-state index is -3.74. The molecule has 0 unspecified atom stereocenters. The highest BCUT2D eigenvalue weighted by atomic mass is 32.2. The molecular weight excluding hydrogens is 354 g/mol. The monoisotopic (exact) mass is 373 g/mol. The van der Waals surface area contributed by atoms with Gasteiger partial charge in [0.25, 0.3) is 10.0 Å². The molecule has 1 heterocycles. The Morgan fingerprint density at radius 3 is 2.50 bits per heavy atom. The van der Waals surface area contributed by atoms with Crippen molar-refractivity contribution < 1.29 is 17.9 Å². The molecule has 26 heavy (non-hydrogen) atoms. The number of sulfonamides is 1. The summed E-state index contributed by atoms with van der Waals surface area (Å²) in [6.07, 6.45) is 3.38. The highest BCUT2D eigenvalue weighted by Gasteiger charge is 2.16. The van der Waals surface area contributed by atoms with Crippen LogP contribution in [-0.4, -0.2) is 38.5 Å². The molecular formula is C18H19N3O4S. The summed E-state index contributed by atoms with van der Waals surface area (Å²) in [5.74, 6) is 0.581. The van der Waals surface area contributed by atoms with Crippen LogP contribution in [0.2, 0.25) is 0 Å². The van der Waals surface area contributed by atoms with E-state index in [0.29, 0.717) is 30.3 Å². The first-order valence-electron chi connectivity index (χ1n) is 7.94. The van der Waals surface area contributed by atoms with Crippen molar-refractivity contribution in [3.63, 3.8) is 0 Å². The van der Waals surface area contributed by atoms with E-state index in [1.54, 1.807) is 60.6 Å². The van der Waals surface area contributed by atoms with Crippen LogP contribution < -0.4 is 9.46 Å². The second-order valence-electron chi connectivity index (χ2n) is 5.39. The van der Waals surface area contributed by atoms with Crippen molar-refractivity contribution in [3.05, 3.63) is 67.0 Å². The molecule has 2 aromatic carbocycles. The number of aromatic nitrogens is 2. The van der Waals surface area contributed by atoms with Crippen LogP contribution in [0.1, 0.15) is 0 Å². The molecule has 0 atom stereocenters. The Balaban J connectivity index is 1.80. The summed E-state index contributed by atoms with van der Waals surface area (Å²) in [5, 5.41) is 4.15. The topological polar surface area (TPSA) is 82.5 Å². The number of ether oxygens (including phenoxy) is 2. The lowest BCUT2D eigenvalue weighted by Crippen LogP contribution is -2.15. The third-order valence-corrected chi connectivity index (χ3v) is 4.97. The van der Waals surface area contributed by atoms with Gasteiger partial charge in [-0.2, -0.15) is 5.10 Å². The van der Waals surface area contributed by atoms with E-state index in [1.165, 1.54) is 12.1 Å². The van der Waals surface area contributed by atoms with Gasteiger partial charge in [-0.15, -0.1) is 0 Å². The molecule has 0 saturated carbocycles. The number of benzene rings is 2. The van der Waals surface area contributed by atoms with Crippen LogP contribution in [0.5, 0.6) is 5.75 Å². The Bertz CT molecular complexity index is 939. The van der Waals surface area contributed by atoms with Crippen molar-refractivity contribution in [2.45, 2.75) is 4.90 Å². The molecule has 3 rings (SSSR count). The molecule has 1 aromatic heterocycles. The predicted molar refractivity (Wildman–Crippen MR) is 98.2 cm³/mol. The third kappa shape index (κ3) is 4.22. The maximum atomic E-state index is 12.7. The molecule has 0 spiro atoms. The first kappa shape index (κ1) is 18.0. The molecule has 1 N–H and O–H groups in total. The number of hydrogen-bond donors (Lipinski definition) is 1. The van der Waals surface area contributed by atoms with Gasteiger partial charge in [-0.05, 0) is 42.5 Å². The standard InChI is InChI=1S/C18H19N3O4S/c1-24-13-14-25-15-7-9-16(10-8-15)26(22,23)20-17-5-2-3-6-18(17)21-12-4-11-19-21/h2-12,20H,13-14H2,1H3. The van der Waals surface area contributed by atoms with E-state index in [1.807, 2.05) is 6.07 Å². The number of nitrogens with zero attached hydrogens (tertiary/aromatic N) is 2. The van der Waals surface area contributed by atoms with Crippen molar-refractivity contribution in [2.24, 2.45) is 0 Å². The summed E-state index contributed by atoms with van der Waals surface area (Å²) in [5.41, 5.74) is 1.08. The number of methoxy groups -OCH3 is 1. The molecule has 0 radical (unpaired) electrons. The smallest absolute Gasteiger partial charge is 0.261 e. The van der Waals surface area contributed by atoms with E-state index < -0.39 is 10.0 Å². The predicted octanol–water partition coefficient (Wildman–Crippen LogP) is 2.70. The minimum Gasteiger partial charge on any atom is -0.491 e. The molecule has 3 aromatic rings. The maximum absolute atomic E-state index is 12.7. The van der Waals surface area contributed by atoms with Gasteiger partial charge in [-0.3, -0.25) is 4.72 Å². The Morgan fingerprint density at radius 1 is 1.04 bits per heavy atom. The van der Waals surface area contributed by atoms with E-state index in [2.05, 4.69) is 9.82 Å². The molecule has 0 aliphatic carbocycles. The van der Waals surface area contributed by atoms with Crippen molar-refractivity contribution in [2.75, 3.05) is 25.0 Å². The summed E-state index contributed by atoms with van der Waals surface area (Å²) in [6.45, 7) is 0.865.